The maximum Gasteiger partial charge on any atom is 0.139 e. The molecule has 4 aliphatic rings. The molecular weight excluding hydrogens is 256 g/mol. The highest BCUT2D eigenvalue weighted by Gasteiger charge is 2.56. The Bertz CT molecular complexity index is 538. The Labute approximate surface area is 128 Å². The summed E-state index contributed by atoms with van der Waals surface area (Å²) in [5.74, 6) is 2.94. The molecule has 2 saturated carbocycles. The zero-order chi connectivity index (χ0) is 14.6. The van der Waals surface area contributed by atoms with Gasteiger partial charge in [-0.3, -0.25) is 4.79 Å². The van der Waals surface area contributed by atoms with Gasteiger partial charge in [0.1, 0.15) is 5.78 Å². The zero-order valence-corrected chi connectivity index (χ0v) is 13.6. The van der Waals surface area contributed by atoms with Gasteiger partial charge in [0.15, 0.2) is 0 Å². The Kier molecular flexibility index (Phi) is 3.17. The fourth-order valence-electron chi connectivity index (χ4n) is 6.30. The summed E-state index contributed by atoms with van der Waals surface area (Å²) in [6.45, 7) is 4.55. The quantitative estimate of drug-likeness (QED) is 0.603. The summed E-state index contributed by atoms with van der Waals surface area (Å²) in [5.41, 5.74) is 5.21. The molecule has 21 heavy (non-hydrogen) atoms. The predicted molar refractivity (Wildman–Crippen MR) is 85.9 cm³/mol. The summed E-state index contributed by atoms with van der Waals surface area (Å²) in [4.78, 5) is 12.5. The van der Waals surface area contributed by atoms with E-state index in [0.717, 1.165) is 24.7 Å². The summed E-state index contributed by atoms with van der Waals surface area (Å²) in [6.07, 6.45) is 13.2. The Morgan fingerprint density at radius 2 is 2.10 bits per heavy atom. The maximum atomic E-state index is 12.5. The molecule has 0 radical (unpaired) electrons. The van der Waals surface area contributed by atoms with Gasteiger partial charge in [0.25, 0.3) is 0 Å². The number of fused-ring (bicyclic) bond motifs is 4. The van der Waals surface area contributed by atoms with Gasteiger partial charge < -0.3 is 0 Å². The molecule has 0 aromatic heterocycles. The van der Waals surface area contributed by atoms with E-state index in [1.54, 1.807) is 16.7 Å². The number of Topliss-reactive ketones (excluding diaryl/α,β-unsaturated/α-hetero) is 1. The van der Waals surface area contributed by atoms with Gasteiger partial charge in [-0.05, 0) is 76.0 Å². The van der Waals surface area contributed by atoms with Crippen LogP contribution in [-0.4, -0.2) is 5.78 Å². The highest BCUT2D eigenvalue weighted by atomic mass is 16.1. The van der Waals surface area contributed by atoms with E-state index < -0.39 is 0 Å². The van der Waals surface area contributed by atoms with Gasteiger partial charge in [-0.1, -0.05) is 29.7 Å². The van der Waals surface area contributed by atoms with Crippen LogP contribution in [0.25, 0.3) is 0 Å². The highest BCUT2D eigenvalue weighted by molar-refractivity contribution is 5.87. The number of carbonyl (C=O) groups is 1. The van der Waals surface area contributed by atoms with Crippen LogP contribution in [0.3, 0.4) is 0 Å². The van der Waals surface area contributed by atoms with Gasteiger partial charge in [0, 0.05) is 11.8 Å². The molecule has 4 rings (SSSR count). The minimum Gasteiger partial charge on any atom is -0.299 e. The lowest BCUT2D eigenvalue weighted by Gasteiger charge is -2.50. The van der Waals surface area contributed by atoms with E-state index in [-0.39, 0.29) is 5.41 Å². The monoisotopic (exact) mass is 284 g/mol. The van der Waals surface area contributed by atoms with Gasteiger partial charge >= 0.3 is 0 Å². The molecule has 3 unspecified atom stereocenters. The summed E-state index contributed by atoms with van der Waals surface area (Å²) >= 11 is 0. The van der Waals surface area contributed by atoms with Crippen LogP contribution < -0.4 is 0 Å². The molecule has 4 atom stereocenters. The lowest BCUT2D eigenvalue weighted by atomic mass is 9.53. The standard InChI is InChI=1S/C20H28O/c1-3-20-11-10-16-15-6-4-13(2)12-14(15)5-7-17(16)18(20)8-9-19(20)21/h4,16-18H,3,5-12H2,1-2H3/t16?,17?,18?,20-/m0/s1. The van der Waals surface area contributed by atoms with Gasteiger partial charge in [-0.25, -0.2) is 0 Å². The predicted octanol–water partition coefficient (Wildman–Crippen LogP) is 5.22. The van der Waals surface area contributed by atoms with Gasteiger partial charge in [-0.2, -0.15) is 0 Å². The molecule has 0 spiro atoms. The van der Waals surface area contributed by atoms with Crippen LogP contribution in [0.5, 0.6) is 0 Å². The fraction of sp³-hybridized carbons (Fsp3) is 0.750. The normalized spacial score (nSPS) is 42.3. The van der Waals surface area contributed by atoms with Crippen LogP contribution in [0.2, 0.25) is 0 Å². The van der Waals surface area contributed by atoms with E-state index in [1.807, 2.05) is 0 Å². The molecule has 1 nitrogen and oxygen atoms in total. The topological polar surface area (TPSA) is 17.1 Å². The number of hydrogen-bond acceptors (Lipinski definition) is 1. The molecule has 2 fully saturated rings. The van der Waals surface area contributed by atoms with Crippen LogP contribution in [0, 0.1) is 23.2 Å². The van der Waals surface area contributed by atoms with Gasteiger partial charge in [-0.15, -0.1) is 0 Å². The van der Waals surface area contributed by atoms with E-state index in [9.17, 15) is 4.79 Å². The lowest BCUT2D eigenvalue weighted by Crippen LogP contribution is -2.45. The Balaban J connectivity index is 1.66. The lowest BCUT2D eigenvalue weighted by molar-refractivity contribution is -0.131. The summed E-state index contributed by atoms with van der Waals surface area (Å²) < 4.78 is 0. The molecule has 0 aromatic rings. The van der Waals surface area contributed by atoms with E-state index in [1.165, 1.54) is 44.9 Å². The average molecular weight is 284 g/mol. The summed E-state index contributed by atoms with van der Waals surface area (Å²) in [7, 11) is 0. The average Bonchev–Trinajstić information content (AvgIpc) is 2.84. The number of ketones is 1. The van der Waals surface area contributed by atoms with Crippen molar-refractivity contribution in [1.82, 2.24) is 0 Å². The number of carbonyl (C=O) groups excluding carboxylic acids is 1. The van der Waals surface area contributed by atoms with Crippen molar-refractivity contribution in [3.05, 3.63) is 22.8 Å². The first kappa shape index (κ1) is 13.8. The Hall–Kier alpha value is -0.850. The third-order valence-electron chi connectivity index (χ3n) is 7.36. The first-order valence-corrected chi connectivity index (χ1v) is 9.05. The first-order valence-electron chi connectivity index (χ1n) is 9.05. The van der Waals surface area contributed by atoms with E-state index in [4.69, 9.17) is 0 Å². The zero-order valence-electron chi connectivity index (χ0n) is 13.6. The van der Waals surface area contributed by atoms with Crippen molar-refractivity contribution in [2.45, 2.75) is 71.6 Å². The minimum atomic E-state index is 0.0830. The largest absolute Gasteiger partial charge is 0.299 e. The van der Waals surface area contributed by atoms with E-state index in [2.05, 4.69) is 19.9 Å². The highest BCUT2D eigenvalue weighted by Crippen LogP contribution is 2.61. The molecule has 0 bridgehead atoms. The molecular formula is C20H28O. The number of allylic oxidation sites excluding steroid dienone is 4. The van der Waals surface area contributed by atoms with Gasteiger partial charge in [0.2, 0.25) is 0 Å². The van der Waals surface area contributed by atoms with Crippen molar-refractivity contribution in [1.29, 1.82) is 0 Å². The second-order valence-electron chi connectivity index (χ2n) is 7.99. The van der Waals surface area contributed by atoms with E-state index >= 15 is 0 Å². The Morgan fingerprint density at radius 1 is 1.24 bits per heavy atom. The van der Waals surface area contributed by atoms with Crippen molar-refractivity contribution in [3.63, 3.8) is 0 Å². The van der Waals surface area contributed by atoms with Crippen molar-refractivity contribution in [2.75, 3.05) is 0 Å². The third kappa shape index (κ3) is 1.85. The van der Waals surface area contributed by atoms with Crippen LogP contribution in [0.1, 0.15) is 71.6 Å². The SMILES string of the molecule is CC[C@]12CCC3C4=C(CCC3C1CCC2=O)CC(C)=CC4. The van der Waals surface area contributed by atoms with Crippen LogP contribution >= 0.6 is 0 Å². The van der Waals surface area contributed by atoms with Crippen molar-refractivity contribution >= 4 is 5.78 Å². The van der Waals surface area contributed by atoms with Crippen molar-refractivity contribution in [2.24, 2.45) is 23.2 Å². The number of hydrogen-bond donors (Lipinski definition) is 0. The van der Waals surface area contributed by atoms with E-state index in [0.29, 0.717) is 11.7 Å². The molecule has 0 aromatic carbocycles. The molecule has 0 N–H and O–H groups in total. The first-order chi connectivity index (χ1) is 10.2. The smallest absolute Gasteiger partial charge is 0.139 e. The van der Waals surface area contributed by atoms with Crippen molar-refractivity contribution in [3.8, 4) is 0 Å². The third-order valence-corrected chi connectivity index (χ3v) is 7.36. The van der Waals surface area contributed by atoms with Crippen molar-refractivity contribution < 1.29 is 4.79 Å². The fourth-order valence-corrected chi connectivity index (χ4v) is 6.30. The van der Waals surface area contributed by atoms with Crippen LogP contribution in [0.4, 0.5) is 0 Å². The molecule has 4 aliphatic carbocycles. The molecule has 0 heterocycles. The summed E-state index contributed by atoms with van der Waals surface area (Å²) in [5, 5.41) is 0. The number of rotatable bonds is 1. The second kappa shape index (κ2) is 4.83. The summed E-state index contributed by atoms with van der Waals surface area (Å²) in [6, 6.07) is 0. The maximum absolute atomic E-state index is 12.5. The molecule has 0 aliphatic heterocycles. The Morgan fingerprint density at radius 3 is 2.90 bits per heavy atom. The second-order valence-corrected chi connectivity index (χ2v) is 7.99. The van der Waals surface area contributed by atoms with Gasteiger partial charge in [0.05, 0.1) is 0 Å². The molecule has 1 heteroatoms. The molecule has 0 saturated heterocycles. The van der Waals surface area contributed by atoms with Crippen LogP contribution in [0.15, 0.2) is 22.8 Å². The minimum absolute atomic E-state index is 0.0830. The molecule has 114 valence electrons. The van der Waals surface area contributed by atoms with Crippen LogP contribution in [-0.2, 0) is 4.79 Å². The molecule has 0 amide bonds.